The molecule has 0 aliphatic carbocycles. The number of nitrogens with one attached hydrogen (secondary N) is 2. The molecule has 7 heteroatoms. The standard InChI is InChI=1S/C15H20FN5O/c1-20-5-7-21(8-6-20)11-3-4-13(14(9-11)22-2)18-15-12(16)10-17-19-15/h3-4,9-10H,5-8H2,1-2H3,(H2,17,18,19). The van der Waals surface area contributed by atoms with Crippen molar-refractivity contribution in [3.8, 4) is 5.75 Å². The zero-order chi connectivity index (χ0) is 15.5. The minimum absolute atomic E-state index is 0.227. The fourth-order valence-corrected chi connectivity index (χ4v) is 2.54. The highest BCUT2D eigenvalue weighted by atomic mass is 19.1. The molecular weight excluding hydrogens is 285 g/mol. The van der Waals surface area contributed by atoms with Gasteiger partial charge in [-0.3, -0.25) is 5.10 Å². The van der Waals surface area contributed by atoms with E-state index in [1.807, 2.05) is 18.2 Å². The van der Waals surface area contributed by atoms with Gasteiger partial charge in [-0.2, -0.15) is 5.10 Å². The molecule has 1 aromatic heterocycles. The number of aromatic amines is 1. The molecule has 1 fully saturated rings. The van der Waals surface area contributed by atoms with Crippen LogP contribution in [0.1, 0.15) is 0 Å². The summed E-state index contributed by atoms with van der Waals surface area (Å²) in [7, 11) is 3.74. The van der Waals surface area contributed by atoms with Crippen molar-refractivity contribution in [1.82, 2.24) is 15.1 Å². The average molecular weight is 305 g/mol. The number of benzene rings is 1. The molecule has 2 heterocycles. The third-order valence-electron chi connectivity index (χ3n) is 3.91. The zero-order valence-corrected chi connectivity index (χ0v) is 12.8. The van der Waals surface area contributed by atoms with Gasteiger partial charge in [0.2, 0.25) is 0 Å². The topological polar surface area (TPSA) is 56.4 Å². The fraction of sp³-hybridized carbons (Fsp3) is 0.400. The number of hydrogen-bond donors (Lipinski definition) is 2. The van der Waals surface area contributed by atoms with E-state index >= 15 is 0 Å². The minimum Gasteiger partial charge on any atom is -0.494 e. The number of H-pyrrole nitrogens is 1. The number of methoxy groups -OCH3 is 1. The summed E-state index contributed by atoms with van der Waals surface area (Å²) in [4.78, 5) is 4.63. The molecule has 6 nitrogen and oxygen atoms in total. The molecule has 0 bridgehead atoms. The van der Waals surface area contributed by atoms with Gasteiger partial charge in [-0.25, -0.2) is 4.39 Å². The van der Waals surface area contributed by atoms with Gasteiger partial charge in [0, 0.05) is 37.9 Å². The second-order valence-electron chi connectivity index (χ2n) is 5.39. The average Bonchev–Trinajstić information content (AvgIpc) is 2.94. The Morgan fingerprint density at radius 2 is 2.05 bits per heavy atom. The molecule has 2 N–H and O–H groups in total. The number of likely N-dealkylation sites (N-methyl/N-ethyl adjacent to an activating group) is 1. The van der Waals surface area contributed by atoms with E-state index in [1.165, 1.54) is 0 Å². The number of piperazine rings is 1. The van der Waals surface area contributed by atoms with Crippen LogP contribution in [0.2, 0.25) is 0 Å². The molecule has 1 aliphatic heterocycles. The van der Waals surface area contributed by atoms with Crippen LogP contribution < -0.4 is 15.0 Å². The molecule has 1 saturated heterocycles. The van der Waals surface area contributed by atoms with Crippen molar-refractivity contribution in [2.45, 2.75) is 0 Å². The van der Waals surface area contributed by atoms with Crippen molar-refractivity contribution in [3.05, 3.63) is 30.2 Å². The van der Waals surface area contributed by atoms with E-state index in [0.29, 0.717) is 11.4 Å². The van der Waals surface area contributed by atoms with Crippen LogP contribution in [0.4, 0.5) is 21.6 Å². The highest BCUT2D eigenvalue weighted by molar-refractivity contribution is 5.69. The number of anilines is 3. The lowest BCUT2D eigenvalue weighted by Gasteiger charge is -2.34. The second-order valence-corrected chi connectivity index (χ2v) is 5.39. The number of aromatic nitrogens is 2. The Morgan fingerprint density at radius 3 is 2.68 bits per heavy atom. The largest absolute Gasteiger partial charge is 0.494 e. The van der Waals surface area contributed by atoms with Crippen LogP contribution in [0.3, 0.4) is 0 Å². The quantitative estimate of drug-likeness (QED) is 0.905. The van der Waals surface area contributed by atoms with Gasteiger partial charge in [0.1, 0.15) is 5.75 Å². The summed E-state index contributed by atoms with van der Waals surface area (Å²) in [5.41, 5.74) is 1.81. The van der Waals surface area contributed by atoms with Gasteiger partial charge in [0.05, 0.1) is 19.0 Å². The molecule has 118 valence electrons. The van der Waals surface area contributed by atoms with E-state index in [0.717, 1.165) is 38.1 Å². The predicted molar refractivity (Wildman–Crippen MR) is 84.5 cm³/mol. The van der Waals surface area contributed by atoms with E-state index < -0.39 is 5.82 Å². The summed E-state index contributed by atoms with van der Waals surface area (Å²) in [5, 5.41) is 9.20. The van der Waals surface area contributed by atoms with E-state index in [1.54, 1.807) is 7.11 Å². The Hall–Kier alpha value is -2.28. The number of nitrogens with zero attached hydrogens (tertiary/aromatic N) is 3. The predicted octanol–water partition coefficient (Wildman–Crippen LogP) is 2.05. The summed E-state index contributed by atoms with van der Waals surface area (Å²) >= 11 is 0. The van der Waals surface area contributed by atoms with Gasteiger partial charge in [-0.05, 0) is 19.2 Å². The third-order valence-corrected chi connectivity index (χ3v) is 3.91. The first-order valence-corrected chi connectivity index (χ1v) is 7.25. The lowest BCUT2D eigenvalue weighted by Crippen LogP contribution is -2.44. The summed E-state index contributed by atoms with van der Waals surface area (Å²) in [5.74, 6) is 0.473. The molecule has 3 rings (SSSR count). The van der Waals surface area contributed by atoms with Gasteiger partial charge in [-0.15, -0.1) is 0 Å². The van der Waals surface area contributed by atoms with Crippen LogP contribution in [0.15, 0.2) is 24.4 Å². The van der Waals surface area contributed by atoms with Crippen molar-refractivity contribution in [1.29, 1.82) is 0 Å². The Balaban J connectivity index is 1.80. The molecule has 2 aromatic rings. The van der Waals surface area contributed by atoms with Crippen molar-refractivity contribution in [2.24, 2.45) is 0 Å². The Morgan fingerprint density at radius 1 is 1.27 bits per heavy atom. The van der Waals surface area contributed by atoms with E-state index in [9.17, 15) is 4.39 Å². The third kappa shape index (κ3) is 2.99. The molecule has 22 heavy (non-hydrogen) atoms. The molecule has 0 saturated carbocycles. The number of hydrogen-bond acceptors (Lipinski definition) is 5. The second kappa shape index (κ2) is 6.23. The number of rotatable bonds is 4. The smallest absolute Gasteiger partial charge is 0.185 e. The Kier molecular flexibility index (Phi) is 4.15. The normalized spacial score (nSPS) is 15.9. The maximum Gasteiger partial charge on any atom is 0.185 e. The van der Waals surface area contributed by atoms with E-state index in [4.69, 9.17) is 4.74 Å². The van der Waals surface area contributed by atoms with E-state index in [-0.39, 0.29) is 5.82 Å². The van der Waals surface area contributed by atoms with Gasteiger partial charge in [0.25, 0.3) is 0 Å². The van der Waals surface area contributed by atoms with Crippen LogP contribution in [0.5, 0.6) is 5.75 Å². The zero-order valence-electron chi connectivity index (χ0n) is 12.8. The number of ether oxygens (including phenoxy) is 1. The fourth-order valence-electron chi connectivity index (χ4n) is 2.54. The molecule has 1 aromatic carbocycles. The first-order chi connectivity index (χ1) is 10.7. The van der Waals surface area contributed by atoms with Crippen LogP contribution in [-0.2, 0) is 0 Å². The van der Waals surface area contributed by atoms with Crippen LogP contribution in [0.25, 0.3) is 0 Å². The van der Waals surface area contributed by atoms with Crippen LogP contribution >= 0.6 is 0 Å². The highest BCUT2D eigenvalue weighted by Gasteiger charge is 2.16. The molecular formula is C15H20FN5O. The number of halogens is 1. The monoisotopic (exact) mass is 305 g/mol. The van der Waals surface area contributed by atoms with Gasteiger partial charge in [0.15, 0.2) is 11.6 Å². The van der Waals surface area contributed by atoms with E-state index in [2.05, 4.69) is 32.4 Å². The van der Waals surface area contributed by atoms with Crippen molar-refractivity contribution >= 4 is 17.2 Å². The van der Waals surface area contributed by atoms with Gasteiger partial charge >= 0.3 is 0 Å². The Bertz CT molecular complexity index is 637. The lowest BCUT2D eigenvalue weighted by molar-refractivity contribution is 0.312. The SMILES string of the molecule is COc1cc(N2CCN(C)CC2)ccc1Nc1[nH]ncc1F. The van der Waals surface area contributed by atoms with Gasteiger partial charge < -0.3 is 19.9 Å². The molecule has 1 aliphatic rings. The maximum atomic E-state index is 13.5. The molecule has 0 atom stereocenters. The van der Waals surface area contributed by atoms with Crippen molar-refractivity contribution in [2.75, 3.05) is 50.6 Å². The molecule has 0 spiro atoms. The van der Waals surface area contributed by atoms with Crippen molar-refractivity contribution < 1.29 is 9.13 Å². The minimum atomic E-state index is -0.426. The maximum absolute atomic E-state index is 13.5. The molecule has 0 unspecified atom stereocenters. The summed E-state index contributed by atoms with van der Waals surface area (Å²) in [6, 6.07) is 5.89. The van der Waals surface area contributed by atoms with Crippen LogP contribution in [-0.4, -0.2) is 55.4 Å². The lowest BCUT2D eigenvalue weighted by atomic mass is 10.2. The Labute approximate surface area is 128 Å². The first kappa shape index (κ1) is 14.6. The highest BCUT2D eigenvalue weighted by Crippen LogP contribution is 2.32. The van der Waals surface area contributed by atoms with Gasteiger partial charge in [-0.1, -0.05) is 0 Å². The summed E-state index contributed by atoms with van der Waals surface area (Å²) < 4.78 is 18.9. The van der Waals surface area contributed by atoms with Crippen molar-refractivity contribution in [3.63, 3.8) is 0 Å². The first-order valence-electron chi connectivity index (χ1n) is 7.25. The van der Waals surface area contributed by atoms with Crippen LogP contribution in [0, 0.1) is 5.82 Å². The molecule has 0 amide bonds. The molecule has 0 radical (unpaired) electrons. The summed E-state index contributed by atoms with van der Waals surface area (Å²) in [6.45, 7) is 4.06. The summed E-state index contributed by atoms with van der Waals surface area (Å²) in [6.07, 6.45) is 1.13.